The van der Waals surface area contributed by atoms with E-state index in [0.717, 1.165) is 18.9 Å². The Morgan fingerprint density at radius 3 is 2.52 bits per heavy atom. The first-order valence-corrected chi connectivity index (χ1v) is 9.94. The first-order chi connectivity index (χ1) is 13.8. The Hall–Kier alpha value is -2.00. The standard InChI is InChI=1S/C20H28F3N3O3/c1-28-19(27)26-10-4-6-16(24)18(26)13-29-14-8-11-25(12-9-14)17-7-3-2-5-15(17)20(21,22)23/h2-3,5,7,14,16,18H,4,6,8-13,24H2,1H3/t16-,18-/m0/s1. The van der Waals surface area contributed by atoms with Gasteiger partial charge in [-0.25, -0.2) is 4.79 Å². The molecule has 2 fully saturated rings. The monoisotopic (exact) mass is 415 g/mol. The number of amides is 1. The third-order valence-corrected chi connectivity index (χ3v) is 5.73. The summed E-state index contributed by atoms with van der Waals surface area (Å²) in [6.45, 7) is 1.85. The predicted octanol–water partition coefficient (Wildman–Crippen LogP) is 3.25. The Morgan fingerprint density at radius 1 is 1.17 bits per heavy atom. The number of methoxy groups -OCH3 is 1. The lowest BCUT2D eigenvalue weighted by molar-refractivity contribution is -0.137. The first-order valence-electron chi connectivity index (χ1n) is 9.94. The summed E-state index contributed by atoms with van der Waals surface area (Å²) in [5.74, 6) is 0. The second kappa shape index (κ2) is 9.21. The number of alkyl halides is 3. The highest BCUT2D eigenvalue weighted by Gasteiger charge is 2.36. The van der Waals surface area contributed by atoms with Crippen LogP contribution in [-0.4, -0.2) is 62.5 Å². The fourth-order valence-electron chi connectivity index (χ4n) is 4.13. The third-order valence-electron chi connectivity index (χ3n) is 5.73. The Balaban J connectivity index is 1.56. The number of nitrogens with two attached hydrogens (primary N) is 1. The van der Waals surface area contributed by atoms with E-state index in [1.165, 1.54) is 19.2 Å². The third kappa shape index (κ3) is 5.14. The number of ether oxygens (including phenoxy) is 2. The molecule has 162 valence electrons. The number of nitrogens with zero attached hydrogens (tertiary/aromatic N) is 2. The minimum absolute atomic E-state index is 0.0714. The van der Waals surface area contributed by atoms with Gasteiger partial charge < -0.3 is 25.0 Å². The molecule has 2 N–H and O–H groups in total. The average molecular weight is 415 g/mol. The molecule has 2 aliphatic heterocycles. The van der Waals surface area contributed by atoms with E-state index in [9.17, 15) is 18.0 Å². The molecule has 3 rings (SSSR count). The molecule has 6 nitrogen and oxygen atoms in total. The molecule has 0 saturated carbocycles. The number of halogens is 3. The molecular formula is C20H28F3N3O3. The van der Waals surface area contributed by atoms with Crippen molar-refractivity contribution in [2.75, 3.05) is 38.3 Å². The van der Waals surface area contributed by atoms with Crippen molar-refractivity contribution in [2.24, 2.45) is 5.73 Å². The van der Waals surface area contributed by atoms with E-state index in [4.69, 9.17) is 15.2 Å². The SMILES string of the molecule is COC(=O)N1CCC[C@H](N)[C@@H]1COC1CCN(c2ccccc2C(F)(F)F)CC1. The molecule has 2 atom stereocenters. The minimum Gasteiger partial charge on any atom is -0.453 e. The molecule has 0 aliphatic carbocycles. The number of hydrogen-bond donors (Lipinski definition) is 1. The number of carbonyl (C=O) groups excluding carboxylic acids is 1. The Kier molecular flexibility index (Phi) is 6.89. The van der Waals surface area contributed by atoms with Crippen LogP contribution in [0, 0.1) is 0 Å². The van der Waals surface area contributed by atoms with Gasteiger partial charge in [-0.15, -0.1) is 0 Å². The van der Waals surface area contributed by atoms with Crippen molar-refractivity contribution in [3.63, 3.8) is 0 Å². The van der Waals surface area contributed by atoms with Gasteiger partial charge in [0.1, 0.15) is 0 Å². The quantitative estimate of drug-likeness (QED) is 0.818. The number of benzene rings is 1. The Labute approximate surface area is 168 Å². The van der Waals surface area contributed by atoms with Gasteiger partial charge in [-0.1, -0.05) is 12.1 Å². The van der Waals surface area contributed by atoms with Gasteiger partial charge >= 0.3 is 12.3 Å². The molecule has 0 unspecified atom stereocenters. The van der Waals surface area contributed by atoms with Crippen LogP contribution in [-0.2, 0) is 15.7 Å². The summed E-state index contributed by atoms with van der Waals surface area (Å²) in [5.41, 5.74) is 5.79. The van der Waals surface area contributed by atoms with Crippen LogP contribution in [0.1, 0.15) is 31.2 Å². The van der Waals surface area contributed by atoms with Gasteiger partial charge in [-0.05, 0) is 37.8 Å². The maximum Gasteiger partial charge on any atom is 0.418 e. The van der Waals surface area contributed by atoms with Gasteiger partial charge in [0.2, 0.25) is 0 Å². The Bertz CT molecular complexity index is 693. The van der Waals surface area contributed by atoms with Crippen LogP contribution in [0.25, 0.3) is 0 Å². The average Bonchev–Trinajstić information content (AvgIpc) is 2.72. The van der Waals surface area contributed by atoms with Crippen LogP contribution in [0.2, 0.25) is 0 Å². The summed E-state index contributed by atoms with van der Waals surface area (Å²) in [5, 5.41) is 0. The normalized spacial score (nSPS) is 23.9. The molecule has 0 bridgehead atoms. The van der Waals surface area contributed by atoms with Crippen molar-refractivity contribution in [1.29, 1.82) is 0 Å². The van der Waals surface area contributed by atoms with Crippen LogP contribution < -0.4 is 10.6 Å². The summed E-state index contributed by atoms with van der Waals surface area (Å²) < 4.78 is 50.7. The lowest BCUT2D eigenvalue weighted by atomic mass is 9.97. The number of piperidine rings is 2. The van der Waals surface area contributed by atoms with Crippen molar-refractivity contribution >= 4 is 11.8 Å². The smallest absolute Gasteiger partial charge is 0.418 e. The fourth-order valence-corrected chi connectivity index (χ4v) is 4.13. The molecule has 0 radical (unpaired) electrons. The highest BCUT2D eigenvalue weighted by atomic mass is 19.4. The van der Waals surface area contributed by atoms with Gasteiger partial charge in [0, 0.05) is 31.4 Å². The summed E-state index contributed by atoms with van der Waals surface area (Å²) in [4.78, 5) is 15.4. The van der Waals surface area contributed by atoms with E-state index in [2.05, 4.69) is 0 Å². The van der Waals surface area contributed by atoms with Crippen LogP contribution in [0.4, 0.5) is 23.7 Å². The highest BCUT2D eigenvalue weighted by molar-refractivity contribution is 5.68. The molecule has 2 heterocycles. The van der Waals surface area contributed by atoms with Gasteiger partial charge in [0.25, 0.3) is 0 Å². The summed E-state index contributed by atoms with van der Waals surface area (Å²) in [6, 6.07) is 5.23. The van der Waals surface area contributed by atoms with Gasteiger partial charge in [0.05, 0.1) is 31.4 Å². The van der Waals surface area contributed by atoms with Crippen molar-refractivity contribution in [2.45, 2.75) is 50.0 Å². The van der Waals surface area contributed by atoms with E-state index in [1.54, 1.807) is 15.9 Å². The molecule has 1 amide bonds. The molecule has 0 spiro atoms. The van der Waals surface area contributed by atoms with Gasteiger partial charge in [0.15, 0.2) is 0 Å². The first kappa shape index (κ1) is 21.7. The molecule has 1 aromatic rings. The van der Waals surface area contributed by atoms with Crippen molar-refractivity contribution in [3.8, 4) is 0 Å². The molecule has 2 saturated heterocycles. The number of anilines is 1. The van der Waals surface area contributed by atoms with E-state index in [-0.39, 0.29) is 23.9 Å². The summed E-state index contributed by atoms with van der Waals surface area (Å²) in [6.07, 6.45) is -1.99. The Morgan fingerprint density at radius 2 is 1.86 bits per heavy atom. The van der Waals surface area contributed by atoms with Crippen LogP contribution >= 0.6 is 0 Å². The molecular weight excluding hydrogens is 387 g/mol. The zero-order chi connectivity index (χ0) is 21.0. The predicted molar refractivity (Wildman–Crippen MR) is 103 cm³/mol. The fraction of sp³-hybridized carbons (Fsp3) is 0.650. The van der Waals surface area contributed by atoms with E-state index in [0.29, 0.717) is 39.1 Å². The molecule has 9 heteroatoms. The lowest BCUT2D eigenvalue weighted by Crippen LogP contribution is -2.56. The second-order valence-corrected chi connectivity index (χ2v) is 7.57. The molecule has 0 aromatic heterocycles. The molecule has 2 aliphatic rings. The number of para-hydroxylation sites is 1. The largest absolute Gasteiger partial charge is 0.453 e. The highest BCUT2D eigenvalue weighted by Crippen LogP contribution is 2.37. The van der Waals surface area contributed by atoms with E-state index >= 15 is 0 Å². The topological polar surface area (TPSA) is 68.0 Å². The number of likely N-dealkylation sites (tertiary alicyclic amines) is 1. The van der Waals surface area contributed by atoms with Gasteiger partial charge in [-0.3, -0.25) is 0 Å². The number of rotatable bonds is 4. The van der Waals surface area contributed by atoms with Crippen LogP contribution in [0.5, 0.6) is 0 Å². The van der Waals surface area contributed by atoms with Gasteiger partial charge in [-0.2, -0.15) is 13.2 Å². The number of carbonyl (C=O) groups is 1. The minimum atomic E-state index is -4.38. The van der Waals surface area contributed by atoms with Crippen molar-refractivity contribution in [1.82, 2.24) is 4.90 Å². The van der Waals surface area contributed by atoms with Crippen LogP contribution in [0.15, 0.2) is 24.3 Å². The molecule has 1 aromatic carbocycles. The van der Waals surface area contributed by atoms with Crippen LogP contribution in [0.3, 0.4) is 0 Å². The van der Waals surface area contributed by atoms with Crippen molar-refractivity contribution < 1.29 is 27.4 Å². The maximum absolute atomic E-state index is 13.3. The zero-order valence-corrected chi connectivity index (χ0v) is 16.5. The maximum atomic E-state index is 13.3. The van der Waals surface area contributed by atoms with Crippen molar-refractivity contribution in [3.05, 3.63) is 29.8 Å². The number of hydrogen-bond acceptors (Lipinski definition) is 5. The zero-order valence-electron chi connectivity index (χ0n) is 16.5. The lowest BCUT2D eigenvalue weighted by Gasteiger charge is -2.40. The summed E-state index contributed by atoms with van der Waals surface area (Å²) in [7, 11) is 1.34. The van der Waals surface area contributed by atoms with E-state index in [1.807, 2.05) is 0 Å². The summed E-state index contributed by atoms with van der Waals surface area (Å²) >= 11 is 0. The van der Waals surface area contributed by atoms with E-state index < -0.39 is 17.8 Å². The molecule has 29 heavy (non-hydrogen) atoms. The second-order valence-electron chi connectivity index (χ2n) is 7.57.